The van der Waals surface area contributed by atoms with Crippen molar-refractivity contribution >= 4 is 13.6 Å². The number of ether oxygens (including phenoxy) is 1. The maximum atomic E-state index is 11.1. The third-order valence-electron chi connectivity index (χ3n) is 3.18. The molecule has 0 aromatic rings. The fourth-order valence-electron chi connectivity index (χ4n) is 1.95. The summed E-state index contributed by atoms with van der Waals surface area (Å²) < 4.78 is 15.6. The van der Waals surface area contributed by atoms with Crippen LogP contribution in [0.15, 0.2) is 12.2 Å². The van der Waals surface area contributed by atoms with Crippen molar-refractivity contribution in [1.82, 2.24) is 0 Å². The van der Waals surface area contributed by atoms with Crippen LogP contribution in [0.25, 0.3) is 0 Å². The molecular weight excluding hydrogens is 291 g/mol. The first-order valence-electron chi connectivity index (χ1n) is 7.70. The standard InChI is InChI=1S/C15H29O5P/c1-14(2)15(16)20-12-10-8-6-4-3-5-7-9-11-13-21(17,18)19/h1,3-13H2,2H3,(H2,17,18,19). The second-order valence-electron chi connectivity index (χ2n) is 5.49. The molecule has 0 aromatic heterocycles. The number of unbranched alkanes of at least 4 members (excludes halogenated alkanes) is 8. The van der Waals surface area contributed by atoms with Crippen LogP contribution >= 0.6 is 7.60 Å². The topological polar surface area (TPSA) is 83.8 Å². The number of hydrogen-bond acceptors (Lipinski definition) is 3. The molecule has 0 heterocycles. The van der Waals surface area contributed by atoms with Crippen LogP contribution < -0.4 is 0 Å². The quantitative estimate of drug-likeness (QED) is 0.233. The average Bonchev–Trinajstić information content (AvgIpc) is 2.38. The molecule has 5 nitrogen and oxygen atoms in total. The molecular formula is C15H29O5P. The Labute approximate surface area is 127 Å². The zero-order valence-electron chi connectivity index (χ0n) is 13.1. The van der Waals surface area contributed by atoms with Crippen molar-refractivity contribution in [1.29, 1.82) is 0 Å². The van der Waals surface area contributed by atoms with Gasteiger partial charge in [-0.2, -0.15) is 0 Å². The van der Waals surface area contributed by atoms with E-state index >= 15 is 0 Å². The third kappa shape index (κ3) is 15.6. The maximum absolute atomic E-state index is 11.1. The first-order valence-corrected chi connectivity index (χ1v) is 9.50. The van der Waals surface area contributed by atoms with Crippen molar-refractivity contribution in [2.75, 3.05) is 12.8 Å². The first-order chi connectivity index (χ1) is 9.83. The Balaban J connectivity index is 3.18. The van der Waals surface area contributed by atoms with E-state index in [1.165, 1.54) is 0 Å². The summed E-state index contributed by atoms with van der Waals surface area (Å²) in [5.41, 5.74) is 0.439. The van der Waals surface area contributed by atoms with Gasteiger partial charge in [-0.3, -0.25) is 4.57 Å². The Morgan fingerprint density at radius 2 is 1.38 bits per heavy atom. The Hall–Kier alpha value is -0.640. The van der Waals surface area contributed by atoms with E-state index in [9.17, 15) is 9.36 Å². The number of hydrogen-bond donors (Lipinski definition) is 2. The highest BCUT2D eigenvalue weighted by atomic mass is 31.2. The van der Waals surface area contributed by atoms with E-state index in [2.05, 4.69) is 6.58 Å². The van der Waals surface area contributed by atoms with Crippen LogP contribution in [0, 0.1) is 0 Å². The van der Waals surface area contributed by atoms with Crippen molar-refractivity contribution in [3.8, 4) is 0 Å². The second kappa shape index (κ2) is 12.0. The van der Waals surface area contributed by atoms with E-state index < -0.39 is 7.60 Å². The number of rotatable bonds is 13. The van der Waals surface area contributed by atoms with Crippen LogP contribution in [0.5, 0.6) is 0 Å². The smallest absolute Gasteiger partial charge is 0.333 e. The van der Waals surface area contributed by atoms with Crippen molar-refractivity contribution in [3.63, 3.8) is 0 Å². The lowest BCUT2D eigenvalue weighted by atomic mass is 10.1. The SMILES string of the molecule is C=C(C)C(=O)OCCCCCCCCCCCP(=O)(O)O. The molecule has 0 unspecified atom stereocenters. The summed E-state index contributed by atoms with van der Waals surface area (Å²) in [7, 11) is -3.80. The first kappa shape index (κ1) is 20.4. The molecule has 0 bridgehead atoms. The summed E-state index contributed by atoms with van der Waals surface area (Å²) in [6.07, 6.45) is 9.06. The van der Waals surface area contributed by atoms with Gasteiger partial charge in [0.1, 0.15) is 0 Å². The minimum atomic E-state index is -3.80. The van der Waals surface area contributed by atoms with E-state index in [-0.39, 0.29) is 12.1 Å². The largest absolute Gasteiger partial charge is 0.462 e. The highest BCUT2D eigenvalue weighted by molar-refractivity contribution is 7.51. The minimum absolute atomic E-state index is 0.00982. The summed E-state index contributed by atoms with van der Waals surface area (Å²) in [5.74, 6) is -0.315. The molecule has 0 aliphatic heterocycles. The highest BCUT2D eigenvalue weighted by Crippen LogP contribution is 2.35. The van der Waals surface area contributed by atoms with Crippen LogP contribution in [-0.4, -0.2) is 28.5 Å². The van der Waals surface area contributed by atoms with Gasteiger partial charge >= 0.3 is 13.6 Å². The van der Waals surface area contributed by atoms with Gasteiger partial charge in [0.15, 0.2) is 0 Å². The van der Waals surface area contributed by atoms with Crippen LogP contribution in [0.1, 0.15) is 64.7 Å². The van der Waals surface area contributed by atoms with Gasteiger partial charge in [0.2, 0.25) is 0 Å². The van der Waals surface area contributed by atoms with Crippen LogP contribution in [0.4, 0.5) is 0 Å². The Morgan fingerprint density at radius 1 is 0.952 bits per heavy atom. The molecule has 0 saturated heterocycles. The Bertz CT molecular complexity index is 348. The molecule has 0 atom stereocenters. The summed E-state index contributed by atoms with van der Waals surface area (Å²) in [6, 6.07) is 0. The maximum Gasteiger partial charge on any atom is 0.333 e. The van der Waals surface area contributed by atoms with Gasteiger partial charge in [0.05, 0.1) is 6.61 Å². The van der Waals surface area contributed by atoms with Gasteiger partial charge in [-0.25, -0.2) is 4.79 Å². The minimum Gasteiger partial charge on any atom is -0.462 e. The van der Waals surface area contributed by atoms with Gasteiger partial charge < -0.3 is 14.5 Å². The molecule has 0 aromatic carbocycles. The van der Waals surface area contributed by atoms with Gasteiger partial charge in [-0.1, -0.05) is 51.5 Å². The van der Waals surface area contributed by atoms with E-state index in [0.717, 1.165) is 51.4 Å². The predicted octanol–water partition coefficient (Wildman–Crippen LogP) is 3.79. The summed E-state index contributed by atoms with van der Waals surface area (Å²) >= 11 is 0. The fraction of sp³-hybridized carbons (Fsp3) is 0.800. The number of carbonyl (C=O) groups is 1. The zero-order valence-corrected chi connectivity index (χ0v) is 13.9. The van der Waals surface area contributed by atoms with Gasteiger partial charge in [0.25, 0.3) is 0 Å². The lowest BCUT2D eigenvalue weighted by molar-refractivity contribution is -0.139. The highest BCUT2D eigenvalue weighted by Gasteiger charge is 2.10. The van der Waals surface area contributed by atoms with Gasteiger partial charge in [0, 0.05) is 11.7 Å². The fourth-order valence-corrected chi connectivity index (χ4v) is 2.58. The van der Waals surface area contributed by atoms with E-state index in [1.807, 2.05) is 0 Å². The average molecular weight is 320 g/mol. The Kier molecular flexibility index (Phi) is 11.6. The van der Waals surface area contributed by atoms with Crippen molar-refractivity contribution in [3.05, 3.63) is 12.2 Å². The van der Waals surface area contributed by atoms with E-state index in [0.29, 0.717) is 18.6 Å². The zero-order chi connectivity index (χ0) is 16.1. The molecule has 0 fully saturated rings. The molecule has 21 heavy (non-hydrogen) atoms. The second-order valence-corrected chi connectivity index (χ2v) is 7.26. The predicted molar refractivity (Wildman–Crippen MR) is 84.2 cm³/mol. The normalized spacial score (nSPS) is 11.4. The van der Waals surface area contributed by atoms with Gasteiger partial charge in [-0.15, -0.1) is 0 Å². The van der Waals surface area contributed by atoms with Crippen LogP contribution in [0.2, 0.25) is 0 Å². The molecule has 0 spiro atoms. The molecule has 0 saturated carbocycles. The summed E-state index contributed by atoms with van der Waals surface area (Å²) in [6.45, 7) is 5.63. The Morgan fingerprint density at radius 3 is 1.81 bits per heavy atom. The summed E-state index contributed by atoms with van der Waals surface area (Å²) in [4.78, 5) is 28.5. The van der Waals surface area contributed by atoms with Crippen molar-refractivity contribution < 1.29 is 23.9 Å². The van der Waals surface area contributed by atoms with Crippen molar-refractivity contribution in [2.24, 2.45) is 0 Å². The molecule has 0 aliphatic rings. The molecule has 0 rings (SSSR count). The molecule has 124 valence electrons. The van der Waals surface area contributed by atoms with Crippen molar-refractivity contribution in [2.45, 2.75) is 64.7 Å². The molecule has 0 radical (unpaired) electrons. The number of esters is 1. The third-order valence-corrected chi connectivity index (χ3v) is 4.07. The lowest BCUT2D eigenvalue weighted by Gasteiger charge is -2.05. The monoisotopic (exact) mass is 320 g/mol. The molecule has 2 N–H and O–H groups in total. The van der Waals surface area contributed by atoms with Gasteiger partial charge in [-0.05, 0) is 19.8 Å². The van der Waals surface area contributed by atoms with E-state index in [1.54, 1.807) is 6.92 Å². The molecule has 0 aliphatic carbocycles. The molecule has 0 amide bonds. The lowest BCUT2D eigenvalue weighted by Crippen LogP contribution is -2.05. The van der Waals surface area contributed by atoms with Crippen LogP contribution in [-0.2, 0) is 14.1 Å². The van der Waals surface area contributed by atoms with E-state index in [4.69, 9.17) is 14.5 Å². The summed E-state index contributed by atoms with van der Waals surface area (Å²) in [5, 5.41) is 0. The number of carbonyl (C=O) groups excluding carboxylic acids is 1. The van der Waals surface area contributed by atoms with Crippen LogP contribution in [0.3, 0.4) is 0 Å². The molecule has 6 heteroatoms.